The second-order valence-electron chi connectivity index (χ2n) is 7.85. The summed E-state index contributed by atoms with van der Waals surface area (Å²) in [6, 6.07) is 14.9. The van der Waals surface area contributed by atoms with Crippen molar-refractivity contribution in [2.45, 2.75) is 12.7 Å². The van der Waals surface area contributed by atoms with Gasteiger partial charge in [0.1, 0.15) is 11.4 Å². The van der Waals surface area contributed by atoms with Crippen LogP contribution in [0.5, 0.6) is 5.88 Å². The number of hydrogen-bond donors (Lipinski definition) is 1. The Labute approximate surface area is 196 Å². The minimum Gasteiger partial charge on any atom is -0.481 e. The Morgan fingerprint density at radius 2 is 1.77 bits per heavy atom. The fourth-order valence-electron chi connectivity index (χ4n) is 3.80. The number of rotatable bonds is 5. The van der Waals surface area contributed by atoms with Crippen LogP contribution in [0.1, 0.15) is 11.3 Å². The Bertz CT molecular complexity index is 1570. The number of methoxy groups -OCH3 is 1. The maximum Gasteiger partial charge on any atom is 0.433 e. The van der Waals surface area contributed by atoms with Crippen LogP contribution in [-0.4, -0.2) is 31.8 Å². The fourth-order valence-corrected chi connectivity index (χ4v) is 3.80. The number of aromatic nitrogens is 5. The van der Waals surface area contributed by atoms with E-state index in [0.29, 0.717) is 22.7 Å². The number of pyridine rings is 3. The molecule has 0 saturated carbocycles. The molecule has 0 unspecified atom stereocenters. The average Bonchev–Trinajstić information content (AvgIpc) is 3.28. The summed E-state index contributed by atoms with van der Waals surface area (Å²) in [6.07, 6.45) is -0.213. The summed E-state index contributed by atoms with van der Waals surface area (Å²) >= 11 is 0. The first-order valence-corrected chi connectivity index (χ1v) is 10.5. The van der Waals surface area contributed by atoms with E-state index in [2.05, 4.69) is 20.2 Å². The lowest BCUT2D eigenvalue weighted by Gasteiger charge is -2.10. The summed E-state index contributed by atoms with van der Waals surface area (Å²) < 4.78 is 45.3. The molecule has 0 amide bonds. The van der Waals surface area contributed by atoms with Gasteiger partial charge in [0.25, 0.3) is 5.56 Å². The SMILES string of the molecule is COc1ccc(-c2n[nH]c3ccc(-c4ccn(Cc5ccnc(C(F)(F)F)c5)c(=O)c4)cc23)cn1. The molecule has 1 N–H and O–H groups in total. The van der Waals surface area contributed by atoms with Gasteiger partial charge in [-0.1, -0.05) is 6.07 Å². The average molecular weight is 477 g/mol. The Balaban J connectivity index is 1.45. The zero-order valence-corrected chi connectivity index (χ0v) is 18.4. The van der Waals surface area contributed by atoms with Crippen molar-refractivity contribution in [3.8, 4) is 28.3 Å². The number of fused-ring (bicyclic) bond motifs is 1. The predicted octanol–water partition coefficient (Wildman–Crippen LogP) is 4.92. The molecule has 7 nitrogen and oxygen atoms in total. The van der Waals surface area contributed by atoms with Gasteiger partial charge >= 0.3 is 6.18 Å². The van der Waals surface area contributed by atoms with Crippen LogP contribution >= 0.6 is 0 Å². The largest absolute Gasteiger partial charge is 0.481 e. The van der Waals surface area contributed by atoms with Crippen LogP contribution in [0.3, 0.4) is 0 Å². The molecule has 1 aromatic carbocycles. The fraction of sp³-hybridized carbons (Fsp3) is 0.120. The summed E-state index contributed by atoms with van der Waals surface area (Å²) in [5.74, 6) is 0.497. The van der Waals surface area contributed by atoms with Crippen molar-refractivity contribution in [3.63, 3.8) is 0 Å². The van der Waals surface area contributed by atoms with Crippen molar-refractivity contribution in [1.29, 1.82) is 0 Å². The number of hydrogen-bond acceptors (Lipinski definition) is 5. The third kappa shape index (κ3) is 4.50. The van der Waals surface area contributed by atoms with E-state index in [1.54, 1.807) is 31.6 Å². The molecule has 176 valence electrons. The van der Waals surface area contributed by atoms with Gasteiger partial charge in [0.05, 0.1) is 19.2 Å². The Morgan fingerprint density at radius 1 is 0.971 bits per heavy atom. The van der Waals surface area contributed by atoms with Crippen LogP contribution in [0.4, 0.5) is 13.2 Å². The number of aromatic amines is 1. The summed E-state index contributed by atoms with van der Waals surface area (Å²) in [7, 11) is 1.54. The van der Waals surface area contributed by atoms with E-state index in [9.17, 15) is 18.0 Å². The van der Waals surface area contributed by atoms with Gasteiger partial charge in [0, 0.05) is 41.7 Å². The quantitative estimate of drug-likeness (QED) is 0.388. The lowest BCUT2D eigenvalue weighted by molar-refractivity contribution is -0.141. The van der Waals surface area contributed by atoms with E-state index in [1.807, 2.05) is 24.3 Å². The minimum absolute atomic E-state index is 0.0000959. The van der Waals surface area contributed by atoms with E-state index >= 15 is 0 Å². The van der Waals surface area contributed by atoms with Crippen LogP contribution in [0.2, 0.25) is 0 Å². The highest BCUT2D eigenvalue weighted by atomic mass is 19.4. The third-order valence-corrected chi connectivity index (χ3v) is 5.58. The molecule has 0 fully saturated rings. The predicted molar refractivity (Wildman–Crippen MR) is 124 cm³/mol. The number of ether oxygens (including phenoxy) is 1. The van der Waals surface area contributed by atoms with E-state index in [-0.39, 0.29) is 12.1 Å². The van der Waals surface area contributed by atoms with Crippen LogP contribution in [0.15, 0.2) is 78.0 Å². The third-order valence-electron chi connectivity index (χ3n) is 5.58. The number of nitrogens with one attached hydrogen (secondary N) is 1. The van der Waals surface area contributed by atoms with E-state index in [4.69, 9.17) is 4.74 Å². The molecule has 0 aliphatic rings. The second kappa shape index (κ2) is 8.71. The number of nitrogens with zero attached hydrogens (tertiary/aromatic N) is 4. The molecule has 0 saturated heterocycles. The summed E-state index contributed by atoms with van der Waals surface area (Å²) in [4.78, 5) is 20.3. The van der Waals surface area contributed by atoms with E-state index < -0.39 is 11.9 Å². The van der Waals surface area contributed by atoms with Crippen LogP contribution < -0.4 is 10.3 Å². The number of H-pyrrole nitrogens is 1. The van der Waals surface area contributed by atoms with Crippen molar-refractivity contribution in [2.75, 3.05) is 7.11 Å². The lowest BCUT2D eigenvalue weighted by Crippen LogP contribution is -2.19. The summed E-state index contributed by atoms with van der Waals surface area (Å²) in [5.41, 5.74) is 2.83. The van der Waals surface area contributed by atoms with Gasteiger partial charge < -0.3 is 9.30 Å². The second-order valence-corrected chi connectivity index (χ2v) is 7.85. The normalized spacial score (nSPS) is 11.7. The number of halogens is 3. The molecule has 5 aromatic rings. The van der Waals surface area contributed by atoms with Gasteiger partial charge in [0.15, 0.2) is 0 Å². The monoisotopic (exact) mass is 477 g/mol. The van der Waals surface area contributed by atoms with Gasteiger partial charge in [-0.25, -0.2) is 4.98 Å². The Kier molecular flexibility index (Phi) is 5.56. The topological polar surface area (TPSA) is 85.7 Å². The van der Waals surface area contributed by atoms with Gasteiger partial charge in [-0.2, -0.15) is 18.3 Å². The zero-order chi connectivity index (χ0) is 24.6. The standard InChI is InChI=1S/C25H18F3N5O2/c1-35-22-5-3-18(13-30-22)24-19-11-16(2-4-20(19)31-32-24)17-7-9-33(23(34)12-17)14-15-6-8-29-21(10-15)25(26,27)28/h2-13H,14H2,1H3,(H,31,32). The molecule has 4 aromatic heterocycles. The van der Waals surface area contributed by atoms with Gasteiger partial charge in [-0.05, 0) is 53.1 Å². The Morgan fingerprint density at radius 3 is 2.49 bits per heavy atom. The summed E-state index contributed by atoms with van der Waals surface area (Å²) in [6.45, 7) is 0.0000959. The van der Waals surface area contributed by atoms with E-state index in [0.717, 1.165) is 34.3 Å². The molecule has 10 heteroatoms. The molecular formula is C25H18F3N5O2. The first-order chi connectivity index (χ1) is 16.8. The van der Waals surface area contributed by atoms with E-state index in [1.165, 1.54) is 16.7 Å². The summed E-state index contributed by atoms with van der Waals surface area (Å²) in [5, 5.41) is 8.26. The van der Waals surface area contributed by atoms with Crippen molar-refractivity contribution >= 4 is 10.9 Å². The van der Waals surface area contributed by atoms with Crippen LogP contribution in [0.25, 0.3) is 33.3 Å². The molecule has 0 radical (unpaired) electrons. The number of benzene rings is 1. The van der Waals surface area contributed by atoms with Crippen molar-refractivity contribution in [2.24, 2.45) is 0 Å². The molecule has 35 heavy (non-hydrogen) atoms. The molecule has 0 aliphatic heterocycles. The van der Waals surface area contributed by atoms with Crippen LogP contribution in [-0.2, 0) is 12.7 Å². The molecule has 5 rings (SSSR count). The van der Waals surface area contributed by atoms with Gasteiger partial charge in [0.2, 0.25) is 5.88 Å². The van der Waals surface area contributed by atoms with Crippen LogP contribution in [0, 0.1) is 0 Å². The first kappa shape index (κ1) is 22.3. The number of alkyl halides is 3. The van der Waals surface area contributed by atoms with Crippen molar-refractivity contribution < 1.29 is 17.9 Å². The smallest absolute Gasteiger partial charge is 0.433 e. The van der Waals surface area contributed by atoms with Gasteiger partial charge in [-0.15, -0.1) is 0 Å². The molecule has 0 spiro atoms. The highest BCUT2D eigenvalue weighted by molar-refractivity contribution is 5.95. The van der Waals surface area contributed by atoms with Crippen molar-refractivity contribution in [1.82, 2.24) is 24.7 Å². The molecule has 0 bridgehead atoms. The van der Waals surface area contributed by atoms with Crippen molar-refractivity contribution in [3.05, 3.63) is 94.8 Å². The lowest BCUT2D eigenvalue weighted by atomic mass is 10.0. The maximum absolute atomic E-state index is 12.9. The molecule has 4 heterocycles. The van der Waals surface area contributed by atoms with Gasteiger partial charge in [-0.3, -0.25) is 14.9 Å². The highest BCUT2D eigenvalue weighted by Gasteiger charge is 2.32. The molecular weight excluding hydrogens is 459 g/mol. The zero-order valence-electron chi connectivity index (χ0n) is 18.4. The Hall–Kier alpha value is -4.47. The first-order valence-electron chi connectivity index (χ1n) is 10.5. The molecule has 0 atom stereocenters. The minimum atomic E-state index is -4.54. The molecule has 0 aliphatic carbocycles. The highest BCUT2D eigenvalue weighted by Crippen LogP contribution is 2.31. The maximum atomic E-state index is 12.9.